The Balaban J connectivity index is 1.88. The summed E-state index contributed by atoms with van der Waals surface area (Å²) in [5.41, 5.74) is 5.12. The summed E-state index contributed by atoms with van der Waals surface area (Å²) in [5, 5.41) is 0. The number of nitrogens with zero attached hydrogens (tertiary/aromatic N) is 3. The summed E-state index contributed by atoms with van der Waals surface area (Å²) in [7, 11) is 3.54. The van der Waals surface area contributed by atoms with Crippen LogP contribution in [-0.2, 0) is 11.8 Å². The van der Waals surface area contributed by atoms with Crippen molar-refractivity contribution in [3.63, 3.8) is 0 Å². The molecule has 136 valence electrons. The van der Waals surface area contributed by atoms with E-state index in [1.807, 2.05) is 19.2 Å². The molecular formula is C21H25N3O2. The third-order valence-electron chi connectivity index (χ3n) is 5.20. The lowest BCUT2D eigenvalue weighted by atomic mass is 10.1. The monoisotopic (exact) mass is 351 g/mol. The Hall–Kier alpha value is -2.40. The van der Waals surface area contributed by atoms with Crippen molar-refractivity contribution in [1.82, 2.24) is 14.1 Å². The number of pyridine rings is 1. The van der Waals surface area contributed by atoms with Gasteiger partial charge in [-0.1, -0.05) is 6.07 Å². The number of hydrogen-bond donors (Lipinski definition) is 0. The number of imidazole rings is 1. The maximum atomic E-state index is 12.0. The summed E-state index contributed by atoms with van der Waals surface area (Å²) in [5.74, 6) is 1.75. The van der Waals surface area contributed by atoms with E-state index in [9.17, 15) is 4.79 Å². The molecule has 1 saturated carbocycles. The predicted molar refractivity (Wildman–Crippen MR) is 104 cm³/mol. The summed E-state index contributed by atoms with van der Waals surface area (Å²) >= 11 is 0. The van der Waals surface area contributed by atoms with Gasteiger partial charge in [0.05, 0.1) is 23.7 Å². The van der Waals surface area contributed by atoms with Crippen molar-refractivity contribution in [2.24, 2.45) is 7.05 Å². The zero-order valence-electron chi connectivity index (χ0n) is 15.8. The van der Waals surface area contributed by atoms with E-state index in [0.717, 1.165) is 27.7 Å². The second-order valence-electron chi connectivity index (χ2n) is 7.45. The summed E-state index contributed by atoms with van der Waals surface area (Å²) in [6.07, 6.45) is 4.34. The first kappa shape index (κ1) is 17.0. The van der Waals surface area contributed by atoms with Crippen LogP contribution in [0, 0.1) is 6.92 Å². The average Bonchev–Trinajstić information content (AvgIpc) is 3.39. The highest BCUT2D eigenvalue weighted by molar-refractivity contribution is 5.83. The number of methoxy groups -OCH3 is 1. The number of aromatic nitrogens is 3. The number of rotatable bonds is 5. The highest BCUT2D eigenvalue weighted by Crippen LogP contribution is 2.42. The van der Waals surface area contributed by atoms with Crippen molar-refractivity contribution in [2.75, 3.05) is 13.7 Å². The van der Waals surface area contributed by atoms with E-state index in [0.29, 0.717) is 12.5 Å². The van der Waals surface area contributed by atoms with Crippen LogP contribution in [0.3, 0.4) is 0 Å². The van der Waals surface area contributed by atoms with Crippen LogP contribution < -0.4 is 5.56 Å². The number of ether oxygens (including phenoxy) is 1. The standard InChI is InChI=1S/C21H25N3O2/c1-13-9-17(11-23(3)21(13)25)16-7-8-18-19(10-16)24(14(2)12-26-4)20(22-18)15-5-6-15/h7-11,14-15H,5-6,12H2,1-4H3. The quantitative estimate of drug-likeness (QED) is 0.702. The van der Waals surface area contributed by atoms with Crippen molar-refractivity contribution in [3.05, 3.63) is 52.2 Å². The van der Waals surface area contributed by atoms with Gasteiger partial charge in [-0.05, 0) is 56.0 Å². The zero-order valence-corrected chi connectivity index (χ0v) is 15.8. The zero-order chi connectivity index (χ0) is 18.4. The molecule has 1 unspecified atom stereocenters. The van der Waals surface area contributed by atoms with Gasteiger partial charge in [0, 0.05) is 31.8 Å². The molecule has 4 rings (SSSR count). The minimum Gasteiger partial charge on any atom is -0.383 e. The van der Waals surface area contributed by atoms with E-state index in [2.05, 4.69) is 29.7 Å². The highest BCUT2D eigenvalue weighted by atomic mass is 16.5. The Kier molecular flexibility index (Phi) is 4.19. The molecule has 26 heavy (non-hydrogen) atoms. The van der Waals surface area contributed by atoms with Gasteiger partial charge in [-0.3, -0.25) is 4.79 Å². The molecule has 5 nitrogen and oxygen atoms in total. The van der Waals surface area contributed by atoms with Gasteiger partial charge in [-0.15, -0.1) is 0 Å². The second kappa shape index (κ2) is 6.40. The largest absolute Gasteiger partial charge is 0.383 e. The molecule has 0 amide bonds. The van der Waals surface area contributed by atoms with Gasteiger partial charge in [0.25, 0.3) is 5.56 Å². The SMILES string of the molecule is COCC(C)n1c(C2CC2)nc2ccc(-c3cc(C)c(=O)n(C)c3)cc21. The molecule has 5 heteroatoms. The first-order chi connectivity index (χ1) is 12.5. The minimum absolute atomic E-state index is 0.0459. The predicted octanol–water partition coefficient (Wildman–Crippen LogP) is 3.80. The van der Waals surface area contributed by atoms with Gasteiger partial charge < -0.3 is 13.9 Å². The lowest BCUT2D eigenvalue weighted by Crippen LogP contribution is -2.18. The summed E-state index contributed by atoms with van der Waals surface area (Å²) in [6, 6.07) is 8.58. The van der Waals surface area contributed by atoms with Crippen LogP contribution in [0.1, 0.15) is 43.1 Å². The first-order valence-electron chi connectivity index (χ1n) is 9.18. The van der Waals surface area contributed by atoms with Crippen LogP contribution in [0.2, 0.25) is 0 Å². The third kappa shape index (κ3) is 2.86. The van der Waals surface area contributed by atoms with Crippen molar-refractivity contribution in [2.45, 2.75) is 38.6 Å². The van der Waals surface area contributed by atoms with Crippen LogP contribution in [0.25, 0.3) is 22.2 Å². The fraction of sp³-hybridized carbons (Fsp3) is 0.429. The fourth-order valence-corrected chi connectivity index (χ4v) is 3.74. The molecule has 2 heterocycles. The molecule has 0 radical (unpaired) electrons. The number of benzene rings is 1. The summed E-state index contributed by atoms with van der Waals surface area (Å²) < 4.78 is 9.39. The lowest BCUT2D eigenvalue weighted by Gasteiger charge is -2.17. The molecule has 1 atom stereocenters. The fourth-order valence-electron chi connectivity index (χ4n) is 3.74. The Labute approximate surface area is 153 Å². The van der Waals surface area contributed by atoms with Crippen molar-refractivity contribution >= 4 is 11.0 Å². The Bertz CT molecular complexity index is 1000. The molecule has 1 aromatic carbocycles. The maximum Gasteiger partial charge on any atom is 0.253 e. The van der Waals surface area contributed by atoms with Gasteiger partial charge >= 0.3 is 0 Å². The number of hydrogen-bond acceptors (Lipinski definition) is 3. The molecule has 1 aliphatic carbocycles. The van der Waals surface area contributed by atoms with Crippen molar-refractivity contribution in [3.8, 4) is 11.1 Å². The Morgan fingerprint density at radius 1 is 1.27 bits per heavy atom. The summed E-state index contributed by atoms with van der Waals surface area (Å²) in [6.45, 7) is 4.70. The lowest BCUT2D eigenvalue weighted by molar-refractivity contribution is 0.162. The molecule has 3 aromatic rings. The van der Waals surface area contributed by atoms with Gasteiger partial charge in [0.2, 0.25) is 0 Å². The van der Waals surface area contributed by atoms with Crippen LogP contribution in [0.4, 0.5) is 0 Å². The van der Waals surface area contributed by atoms with Gasteiger partial charge in [-0.25, -0.2) is 4.98 Å². The van der Waals surface area contributed by atoms with Crippen LogP contribution >= 0.6 is 0 Å². The average molecular weight is 351 g/mol. The normalized spacial score (nSPS) is 15.5. The molecule has 2 aromatic heterocycles. The van der Waals surface area contributed by atoms with Gasteiger partial charge in [0.15, 0.2) is 0 Å². The van der Waals surface area contributed by atoms with Crippen LogP contribution in [0.15, 0.2) is 35.3 Å². The summed E-state index contributed by atoms with van der Waals surface area (Å²) in [4.78, 5) is 16.9. The molecule has 0 spiro atoms. The van der Waals surface area contributed by atoms with Crippen molar-refractivity contribution in [1.29, 1.82) is 0 Å². The Morgan fingerprint density at radius 2 is 2.04 bits per heavy atom. The van der Waals surface area contributed by atoms with Crippen molar-refractivity contribution < 1.29 is 4.74 Å². The van der Waals surface area contributed by atoms with Crippen LogP contribution in [-0.4, -0.2) is 27.8 Å². The van der Waals surface area contributed by atoms with Crippen LogP contribution in [0.5, 0.6) is 0 Å². The maximum absolute atomic E-state index is 12.0. The highest BCUT2D eigenvalue weighted by Gasteiger charge is 2.31. The van der Waals surface area contributed by atoms with E-state index < -0.39 is 0 Å². The van der Waals surface area contributed by atoms with E-state index in [1.165, 1.54) is 18.7 Å². The van der Waals surface area contributed by atoms with Gasteiger partial charge in [-0.2, -0.15) is 0 Å². The Morgan fingerprint density at radius 3 is 2.69 bits per heavy atom. The van der Waals surface area contributed by atoms with E-state index in [1.54, 1.807) is 18.7 Å². The number of fused-ring (bicyclic) bond motifs is 1. The molecule has 1 aliphatic rings. The smallest absolute Gasteiger partial charge is 0.253 e. The van der Waals surface area contributed by atoms with E-state index in [-0.39, 0.29) is 11.6 Å². The van der Waals surface area contributed by atoms with Gasteiger partial charge in [0.1, 0.15) is 5.82 Å². The minimum atomic E-state index is 0.0459. The second-order valence-corrected chi connectivity index (χ2v) is 7.45. The first-order valence-corrected chi connectivity index (χ1v) is 9.18. The molecule has 0 aliphatic heterocycles. The molecule has 0 saturated heterocycles. The molecular weight excluding hydrogens is 326 g/mol. The molecule has 0 bridgehead atoms. The topological polar surface area (TPSA) is 49.1 Å². The number of aryl methyl sites for hydroxylation is 2. The van der Waals surface area contributed by atoms with E-state index in [4.69, 9.17) is 9.72 Å². The third-order valence-corrected chi connectivity index (χ3v) is 5.20. The molecule has 1 fully saturated rings. The van der Waals surface area contributed by atoms with E-state index >= 15 is 0 Å². The molecule has 0 N–H and O–H groups in total.